The molecule has 134 valence electrons. The Hall–Kier alpha value is -2.80. The molecule has 0 atom stereocenters. The third-order valence-electron chi connectivity index (χ3n) is 4.75. The molecule has 0 bridgehead atoms. The third kappa shape index (κ3) is 3.57. The fourth-order valence-corrected chi connectivity index (χ4v) is 3.41. The van der Waals surface area contributed by atoms with E-state index < -0.39 is 5.82 Å². The summed E-state index contributed by atoms with van der Waals surface area (Å²) in [6.07, 6.45) is 5.37. The number of halogens is 1. The SMILES string of the molecule is O=c1cc(CN2CCC(Nc3ncccn3)CC2)[nH]c2c(F)cccc12. The first-order chi connectivity index (χ1) is 12.7. The van der Waals surface area contributed by atoms with Gasteiger partial charge in [-0.05, 0) is 31.0 Å². The molecule has 7 heteroatoms. The lowest BCUT2D eigenvalue weighted by molar-refractivity contribution is 0.209. The van der Waals surface area contributed by atoms with Crippen LogP contribution in [0.4, 0.5) is 10.3 Å². The number of fused-ring (bicyclic) bond motifs is 1. The summed E-state index contributed by atoms with van der Waals surface area (Å²) < 4.78 is 14.0. The number of benzene rings is 1. The largest absolute Gasteiger partial charge is 0.355 e. The minimum atomic E-state index is -0.396. The molecule has 1 fully saturated rings. The lowest BCUT2D eigenvalue weighted by atomic mass is 10.0. The van der Waals surface area contributed by atoms with Crippen LogP contribution in [0.2, 0.25) is 0 Å². The highest BCUT2D eigenvalue weighted by molar-refractivity contribution is 5.78. The maximum Gasteiger partial charge on any atom is 0.222 e. The number of nitrogens with zero attached hydrogens (tertiary/aromatic N) is 3. The van der Waals surface area contributed by atoms with Gasteiger partial charge in [-0.1, -0.05) is 6.07 Å². The first-order valence-electron chi connectivity index (χ1n) is 8.75. The van der Waals surface area contributed by atoms with E-state index in [1.807, 2.05) is 0 Å². The van der Waals surface area contributed by atoms with Crippen molar-refractivity contribution in [2.24, 2.45) is 0 Å². The van der Waals surface area contributed by atoms with Crippen LogP contribution in [-0.4, -0.2) is 39.0 Å². The van der Waals surface area contributed by atoms with Gasteiger partial charge in [-0.25, -0.2) is 14.4 Å². The molecule has 0 unspecified atom stereocenters. The summed E-state index contributed by atoms with van der Waals surface area (Å²) in [5, 5.41) is 3.74. The van der Waals surface area contributed by atoms with Crippen molar-refractivity contribution >= 4 is 16.9 Å². The van der Waals surface area contributed by atoms with Crippen LogP contribution in [0.1, 0.15) is 18.5 Å². The van der Waals surface area contributed by atoms with Gasteiger partial charge >= 0.3 is 0 Å². The predicted octanol–water partition coefficient (Wildman–Crippen LogP) is 2.53. The van der Waals surface area contributed by atoms with Gasteiger partial charge in [-0.2, -0.15) is 0 Å². The normalized spacial score (nSPS) is 16.0. The quantitative estimate of drug-likeness (QED) is 0.754. The van der Waals surface area contributed by atoms with Crippen LogP contribution < -0.4 is 10.7 Å². The molecule has 2 aromatic heterocycles. The molecular weight excluding hydrogens is 333 g/mol. The van der Waals surface area contributed by atoms with Gasteiger partial charge in [-0.3, -0.25) is 9.69 Å². The average Bonchev–Trinajstić information content (AvgIpc) is 2.65. The van der Waals surface area contributed by atoms with E-state index in [1.165, 1.54) is 6.07 Å². The van der Waals surface area contributed by atoms with E-state index >= 15 is 0 Å². The fourth-order valence-electron chi connectivity index (χ4n) is 3.41. The first-order valence-corrected chi connectivity index (χ1v) is 8.75. The molecule has 6 nitrogen and oxygen atoms in total. The second kappa shape index (κ2) is 7.21. The minimum Gasteiger partial charge on any atom is -0.355 e. The highest BCUT2D eigenvalue weighted by atomic mass is 19.1. The van der Waals surface area contributed by atoms with E-state index in [9.17, 15) is 9.18 Å². The maximum atomic E-state index is 14.0. The minimum absolute atomic E-state index is 0.147. The van der Waals surface area contributed by atoms with Crippen molar-refractivity contribution in [3.8, 4) is 0 Å². The molecule has 1 saturated heterocycles. The second-order valence-corrected chi connectivity index (χ2v) is 6.59. The van der Waals surface area contributed by atoms with Crippen molar-refractivity contribution in [2.45, 2.75) is 25.4 Å². The molecule has 1 aliphatic rings. The standard InChI is InChI=1S/C19H20FN5O/c20-16-4-1-3-15-17(26)11-14(23-18(15)16)12-25-9-5-13(6-10-25)24-19-21-7-2-8-22-19/h1-4,7-8,11,13H,5-6,9-10,12H2,(H,23,26)(H,21,22,24). The number of aromatic amines is 1. The van der Waals surface area contributed by atoms with Crippen LogP contribution in [0.15, 0.2) is 47.5 Å². The van der Waals surface area contributed by atoms with Gasteiger partial charge in [-0.15, -0.1) is 0 Å². The van der Waals surface area contributed by atoms with Crippen molar-refractivity contribution < 1.29 is 4.39 Å². The summed E-state index contributed by atoms with van der Waals surface area (Å²) >= 11 is 0. The van der Waals surface area contributed by atoms with Crippen molar-refractivity contribution in [3.63, 3.8) is 0 Å². The van der Waals surface area contributed by atoms with Gasteiger partial charge in [0.2, 0.25) is 5.95 Å². The third-order valence-corrected chi connectivity index (χ3v) is 4.75. The number of hydrogen-bond donors (Lipinski definition) is 2. The Balaban J connectivity index is 1.41. The van der Waals surface area contributed by atoms with Gasteiger partial charge in [0.25, 0.3) is 0 Å². The average molecular weight is 353 g/mol. The molecule has 1 aliphatic heterocycles. The summed E-state index contributed by atoms with van der Waals surface area (Å²) in [5.41, 5.74) is 0.879. The number of pyridine rings is 1. The predicted molar refractivity (Wildman–Crippen MR) is 98.5 cm³/mol. The number of piperidine rings is 1. The summed E-state index contributed by atoms with van der Waals surface area (Å²) in [6, 6.07) is 8.27. The highest BCUT2D eigenvalue weighted by Crippen LogP contribution is 2.17. The molecule has 0 aliphatic carbocycles. The molecule has 3 heterocycles. The smallest absolute Gasteiger partial charge is 0.222 e. The Bertz CT molecular complexity index is 951. The fraction of sp³-hybridized carbons (Fsp3) is 0.316. The number of likely N-dealkylation sites (tertiary alicyclic amines) is 1. The molecule has 26 heavy (non-hydrogen) atoms. The van der Waals surface area contributed by atoms with Crippen LogP contribution in [-0.2, 0) is 6.54 Å². The summed E-state index contributed by atoms with van der Waals surface area (Å²) in [6.45, 7) is 2.39. The molecule has 0 saturated carbocycles. The van der Waals surface area contributed by atoms with Gasteiger partial charge < -0.3 is 10.3 Å². The van der Waals surface area contributed by atoms with E-state index in [1.54, 1.807) is 36.7 Å². The van der Waals surface area contributed by atoms with Gasteiger partial charge in [0.15, 0.2) is 5.43 Å². The van der Waals surface area contributed by atoms with Crippen LogP contribution in [0.3, 0.4) is 0 Å². The zero-order chi connectivity index (χ0) is 17.9. The molecule has 0 radical (unpaired) electrons. The van der Waals surface area contributed by atoms with Gasteiger partial charge in [0.1, 0.15) is 5.82 Å². The monoisotopic (exact) mass is 353 g/mol. The van der Waals surface area contributed by atoms with E-state index in [4.69, 9.17) is 0 Å². The number of nitrogens with one attached hydrogen (secondary N) is 2. The lowest BCUT2D eigenvalue weighted by Gasteiger charge is -2.32. The topological polar surface area (TPSA) is 73.9 Å². The zero-order valence-electron chi connectivity index (χ0n) is 14.3. The summed E-state index contributed by atoms with van der Waals surface area (Å²) in [4.78, 5) is 26.0. The summed E-state index contributed by atoms with van der Waals surface area (Å²) in [5.74, 6) is 0.257. The number of rotatable bonds is 4. The summed E-state index contributed by atoms with van der Waals surface area (Å²) in [7, 11) is 0. The van der Waals surface area contributed by atoms with Crippen molar-refractivity contribution in [2.75, 3.05) is 18.4 Å². The Morgan fingerprint density at radius 3 is 2.73 bits per heavy atom. The van der Waals surface area contributed by atoms with Crippen molar-refractivity contribution in [1.29, 1.82) is 0 Å². The number of H-pyrrole nitrogens is 1. The van der Waals surface area contributed by atoms with Crippen LogP contribution in [0, 0.1) is 5.82 Å². The molecule has 2 N–H and O–H groups in total. The van der Waals surface area contributed by atoms with Crippen LogP contribution in [0.25, 0.3) is 10.9 Å². The number of para-hydroxylation sites is 1. The van der Waals surface area contributed by atoms with Gasteiger partial charge in [0, 0.05) is 55.2 Å². The maximum absolute atomic E-state index is 14.0. The molecule has 3 aromatic rings. The Morgan fingerprint density at radius 2 is 1.96 bits per heavy atom. The highest BCUT2D eigenvalue weighted by Gasteiger charge is 2.20. The number of hydrogen-bond acceptors (Lipinski definition) is 5. The Labute approximate surface area is 150 Å². The van der Waals surface area contributed by atoms with E-state index in [2.05, 4.69) is 25.2 Å². The van der Waals surface area contributed by atoms with Crippen LogP contribution in [0.5, 0.6) is 0 Å². The molecular formula is C19H20FN5O. The van der Waals surface area contributed by atoms with Crippen molar-refractivity contribution in [3.05, 3.63) is 64.5 Å². The zero-order valence-corrected chi connectivity index (χ0v) is 14.3. The molecule has 0 spiro atoms. The van der Waals surface area contributed by atoms with Crippen molar-refractivity contribution in [1.82, 2.24) is 19.9 Å². The first kappa shape index (κ1) is 16.7. The molecule has 4 rings (SSSR count). The molecule has 0 amide bonds. The van der Waals surface area contributed by atoms with Crippen LogP contribution >= 0.6 is 0 Å². The van der Waals surface area contributed by atoms with Gasteiger partial charge in [0.05, 0.1) is 5.52 Å². The Morgan fingerprint density at radius 1 is 1.19 bits per heavy atom. The van der Waals surface area contributed by atoms with E-state index in [0.717, 1.165) is 31.6 Å². The van der Waals surface area contributed by atoms with E-state index in [-0.39, 0.29) is 10.9 Å². The number of anilines is 1. The Kier molecular flexibility index (Phi) is 4.62. The second-order valence-electron chi connectivity index (χ2n) is 6.59. The number of aromatic nitrogens is 3. The van der Waals surface area contributed by atoms with E-state index in [0.29, 0.717) is 23.9 Å². The lowest BCUT2D eigenvalue weighted by Crippen LogP contribution is -2.39. The molecule has 1 aromatic carbocycles.